The Hall–Kier alpha value is -0.610. The molecular formula is C13H17BrN2S. The summed E-state index contributed by atoms with van der Waals surface area (Å²) < 4.78 is 1.06. The molecule has 2 nitrogen and oxygen atoms in total. The fraction of sp³-hybridized carbons (Fsp3) is 0.462. The van der Waals surface area contributed by atoms with Crippen LogP contribution in [0.15, 0.2) is 22.7 Å². The summed E-state index contributed by atoms with van der Waals surface area (Å²) in [4.78, 5) is 2.72. The van der Waals surface area contributed by atoms with Gasteiger partial charge in [-0.15, -0.1) is 0 Å². The molecular weight excluding hydrogens is 296 g/mol. The molecule has 0 aliphatic heterocycles. The maximum absolute atomic E-state index is 5.77. The molecule has 0 saturated heterocycles. The Morgan fingerprint density at radius 1 is 1.59 bits per heavy atom. The van der Waals surface area contributed by atoms with Crippen LogP contribution in [-0.4, -0.2) is 18.6 Å². The van der Waals surface area contributed by atoms with Crippen molar-refractivity contribution in [3.8, 4) is 0 Å². The predicted molar refractivity (Wildman–Crippen MR) is 80.6 cm³/mol. The molecule has 0 spiro atoms. The van der Waals surface area contributed by atoms with Crippen LogP contribution in [0.5, 0.6) is 0 Å². The first-order valence-corrected chi connectivity index (χ1v) is 6.99. The first kappa shape index (κ1) is 12.8. The molecule has 1 aliphatic rings. The zero-order valence-corrected chi connectivity index (χ0v) is 12.5. The van der Waals surface area contributed by atoms with Crippen LogP contribution in [0, 0.1) is 11.8 Å². The van der Waals surface area contributed by atoms with Gasteiger partial charge < -0.3 is 10.6 Å². The quantitative estimate of drug-likeness (QED) is 0.866. The van der Waals surface area contributed by atoms with Crippen molar-refractivity contribution in [3.05, 3.63) is 28.2 Å². The third-order valence-electron chi connectivity index (χ3n) is 3.42. The highest BCUT2D eigenvalue weighted by Gasteiger charge is 2.33. The normalized spacial score (nSPS) is 22.3. The minimum absolute atomic E-state index is 0.461. The van der Waals surface area contributed by atoms with E-state index >= 15 is 0 Å². The van der Waals surface area contributed by atoms with E-state index in [-0.39, 0.29) is 0 Å². The molecule has 0 radical (unpaired) electrons. The highest BCUT2D eigenvalue weighted by Crippen LogP contribution is 2.39. The predicted octanol–water partition coefficient (Wildman–Crippen LogP) is 3.18. The van der Waals surface area contributed by atoms with Crippen LogP contribution in [0.4, 0.5) is 5.69 Å². The molecule has 1 saturated carbocycles. The van der Waals surface area contributed by atoms with Crippen molar-refractivity contribution in [2.45, 2.75) is 13.3 Å². The summed E-state index contributed by atoms with van der Waals surface area (Å²) >= 11 is 8.60. The molecule has 1 aromatic rings. The second-order valence-corrected chi connectivity index (χ2v) is 6.23. The largest absolute Gasteiger partial charge is 0.389 e. The van der Waals surface area contributed by atoms with Gasteiger partial charge in [0.25, 0.3) is 0 Å². The number of nitrogens with zero attached hydrogens (tertiary/aromatic N) is 1. The first-order chi connectivity index (χ1) is 7.99. The average molecular weight is 313 g/mol. The lowest BCUT2D eigenvalue weighted by molar-refractivity contribution is 0.725. The lowest BCUT2D eigenvalue weighted by atomic mass is 10.1. The molecule has 1 fully saturated rings. The summed E-state index contributed by atoms with van der Waals surface area (Å²) in [6, 6.07) is 6.04. The van der Waals surface area contributed by atoms with Crippen LogP contribution in [0.3, 0.4) is 0 Å². The van der Waals surface area contributed by atoms with E-state index in [2.05, 4.69) is 40.9 Å². The van der Waals surface area contributed by atoms with Gasteiger partial charge >= 0.3 is 0 Å². The minimum atomic E-state index is 0.461. The summed E-state index contributed by atoms with van der Waals surface area (Å²) in [5, 5.41) is 0. The van der Waals surface area contributed by atoms with Gasteiger partial charge in [-0.1, -0.05) is 35.1 Å². The maximum atomic E-state index is 5.77. The van der Waals surface area contributed by atoms with Crippen LogP contribution in [0.1, 0.15) is 18.9 Å². The van der Waals surface area contributed by atoms with Crippen LogP contribution in [0.2, 0.25) is 0 Å². The summed E-state index contributed by atoms with van der Waals surface area (Å²) in [5.41, 5.74) is 7.84. The van der Waals surface area contributed by atoms with Gasteiger partial charge in [0.05, 0.1) is 0 Å². The van der Waals surface area contributed by atoms with Gasteiger partial charge in [-0.2, -0.15) is 0 Å². The average Bonchev–Trinajstić information content (AvgIpc) is 2.93. The number of rotatable bonds is 4. The van der Waals surface area contributed by atoms with Gasteiger partial charge in [-0.05, 0) is 36.5 Å². The van der Waals surface area contributed by atoms with E-state index in [0.717, 1.165) is 34.1 Å². The van der Waals surface area contributed by atoms with Gasteiger partial charge in [-0.3, -0.25) is 0 Å². The molecule has 0 heterocycles. The number of hydrogen-bond donors (Lipinski definition) is 1. The van der Waals surface area contributed by atoms with Gasteiger partial charge in [0, 0.05) is 29.3 Å². The van der Waals surface area contributed by atoms with Crippen molar-refractivity contribution in [2.24, 2.45) is 17.6 Å². The molecule has 0 aromatic heterocycles. The van der Waals surface area contributed by atoms with Crippen LogP contribution in [-0.2, 0) is 0 Å². The van der Waals surface area contributed by atoms with E-state index in [1.807, 2.05) is 12.1 Å². The molecule has 4 heteroatoms. The SMILES string of the molecule is CC1CC1CN(C)c1cc(Br)ccc1C(N)=S. The van der Waals surface area contributed by atoms with Crippen molar-refractivity contribution in [1.82, 2.24) is 0 Å². The summed E-state index contributed by atoms with van der Waals surface area (Å²) in [5.74, 6) is 1.68. The smallest absolute Gasteiger partial charge is 0.106 e. The zero-order valence-electron chi connectivity index (χ0n) is 10.1. The highest BCUT2D eigenvalue weighted by atomic mass is 79.9. The fourth-order valence-electron chi connectivity index (χ4n) is 2.13. The summed E-state index contributed by atoms with van der Waals surface area (Å²) in [7, 11) is 2.11. The lowest BCUT2D eigenvalue weighted by Gasteiger charge is -2.22. The highest BCUT2D eigenvalue weighted by molar-refractivity contribution is 9.10. The Kier molecular flexibility index (Phi) is 3.73. The summed E-state index contributed by atoms with van der Waals surface area (Å²) in [6.45, 7) is 3.38. The van der Waals surface area contributed by atoms with Gasteiger partial charge in [-0.25, -0.2) is 0 Å². The van der Waals surface area contributed by atoms with E-state index in [1.165, 1.54) is 6.42 Å². The van der Waals surface area contributed by atoms with Crippen molar-refractivity contribution in [2.75, 3.05) is 18.5 Å². The van der Waals surface area contributed by atoms with Crippen molar-refractivity contribution >= 4 is 38.8 Å². The van der Waals surface area contributed by atoms with Crippen molar-refractivity contribution in [3.63, 3.8) is 0 Å². The molecule has 2 rings (SSSR count). The van der Waals surface area contributed by atoms with Gasteiger partial charge in [0.2, 0.25) is 0 Å². The second kappa shape index (κ2) is 4.94. The molecule has 2 N–H and O–H groups in total. The number of anilines is 1. The van der Waals surface area contributed by atoms with E-state index in [9.17, 15) is 0 Å². The second-order valence-electron chi connectivity index (χ2n) is 4.88. The minimum Gasteiger partial charge on any atom is -0.389 e. The van der Waals surface area contributed by atoms with Crippen molar-refractivity contribution < 1.29 is 0 Å². The third kappa shape index (κ3) is 2.99. The van der Waals surface area contributed by atoms with Gasteiger partial charge in [0.1, 0.15) is 4.99 Å². The number of thiocarbonyl (C=S) groups is 1. The Labute approximate surface area is 116 Å². The Morgan fingerprint density at radius 2 is 2.24 bits per heavy atom. The Morgan fingerprint density at radius 3 is 2.76 bits per heavy atom. The number of nitrogens with two attached hydrogens (primary N) is 1. The number of halogens is 1. The molecule has 92 valence electrons. The van der Waals surface area contributed by atoms with Gasteiger partial charge in [0.15, 0.2) is 0 Å². The van der Waals surface area contributed by atoms with E-state index in [4.69, 9.17) is 18.0 Å². The molecule has 0 bridgehead atoms. The standard InChI is InChI=1S/C13H17BrN2S/c1-8-5-9(8)7-16(2)12-6-10(14)3-4-11(12)13(15)17/h3-4,6,8-9H,5,7H2,1-2H3,(H2,15,17). The molecule has 1 aliphatic carbocycles. The molecule has 2 atom stereocenters. The molecule has 0 amide bonds. The lowest BCUT2D eigenvalue weighted by Crippen LogP contribution is -2.24. The molecule has 1 aromatic carbocycles. The Balaban J connectivity index is 2.22. The number of benzene rings is 1. The van der Waals surface area contributed by atoms with Crippen LogP contribution < -0.4 is 10.6 Å². The van der Waals surface area contributed by atoms with E-state index in [0.29, 0.717) is 4.99 Å². The van der Waals surface area contributed by atoms with Crippen molar-refractivity contribution in [1.29, 1.82) is 0 Å². The molecule has 2 unspecified atom stereocenters. The molecule has 17 heavy (non-hydrogen) atoms. The summed E-state index contributed by atoms with van der Waals surface area (Å²) in [6.07, 6.45) is 1.33. The zero-order chi connectivity index (χ0) is 12.6. The maximum Gasteiger partial charge on any atom is 0.106 e. The van der Waals surface area contributed by atoms with E-state index in [1.54, 1.807) is 0 Å². The van der Waals surface area contributed by atoms with Crippen LogP contribution >= 0.6 is 28.1 Å². The number of hydrogen-bond acceptors (Lipinski definition) is 2. The first-order valence-electron chi connectivity index (χ1n) is 5.79. The van der Waals surface area contributed by atoms with Crippen LogP contribution in [0.25, 0.3) is 0 Å². The fourth-order valence-corrected chi connectivity index (χ4v) is 2.65. The third-order valence-corrected chi connectivity index (χ3v) is 4.13. The monoisotopic (exact) mass is 312 g/mol. The Bertz CT molecular complexity index is 447. The van der Waals surface area contributed by atoms with E-state index < -0.39 is 0 Å². The topological polar surface area (TPSA) is 29.3 Å².